The molecule has 0 aromatic carbocycles. The molecule has 0 aromatic heterocycles. The van der Waals surface area contributed by atoms with Gasteiger partial charge in [0, 0.05) is 35.7 Å². The average molecular weight is 513 g/mol. The number of rotatable bonds is 4. The van der Waals surface area contributed by atoms with E-state index in [2.05, 4.69) is 34.3 Å². The summed E-state index contributed by atoms with van der Waals surface area (Å²) in [6.45, 7) is 20.4. The number of allylic oxidation sites excluding steroid dienone is 4. The van der Waals surface area contributed by atoms with Crippen LogP contribution in [0.5, 0.6) is 0 Å². The molecule has 0 heterocycles. The fourth-order valence-corrected chi connectivity index (χ4v) is 9.40. The lowest BCUT2D eigenvalue weighted by molar-refractivity contribution is -0.185. The van der Waals surface area contributed by atoms with Crippen molar-refractivity contribution in [2.75, 3.05) is 0 Å². The molecule has 2 N–H and O–H groups in total. The lowest BCUT2D eigenvalue weighted by Crippen LogP contribution is -2.58. The Kier molecular flexibility index (Phi) is 7.03. The van der Waals surface area contributed by atoms with E-state index in [9.17, 15) is 19.8 Å². The van der Waals surface area contributed by atoms with Gasteiger partial charge < -0.3 is 14.9 Å². The molecule has 37 heavy (non-hydrogen) atoms. The molecule has 0 aliphatic heterocycles. The maximum absolute atomic E-state index is 13.7. The number of hydrogen-bond donors (Lipinski definition) is 2. The third kappa shape index (κ3) is 4.29. The second-order valence-electron chi connectivity index (χ2n) is 14.0. The largest absolute Gasteiger partial charge is 0.462 e. The third-order valence-corrected chi connectivity index (χ3v) is 11.4. The van der Waals surface area contributed by atoms with Crippen LogP contribution in [0, 0.1) is 39.9 Å². The van der Waals surface area contributed by atoms with Gasteiger partial charge in [-0.05, 0) is 81.6 Å². The molecule has 206 valence electrons. The van der Waals surface area contributed by atoms with E-state index in [1.165, 1.54) is 6.92 Å². The molecular weight excluding hydrogens is 464 g/mol. The number of aliphatic hydroxyl groups excluding tert-OH is 1. The topological polar surface area (TPSA) is 83.8 Å². The van der Waals surface area contributed by atoms with Gasteiger partial charge in [0.1, 0.15) is 6.10 Å². The fourth-order valence-electron chi connectivity index (χ4n) is 9.40. The Labute approximate surface area is 223 Å². The maximum atomic E-state index is 13.7. The minimum absolute atomic E-state index is 0.00116. The van der Waals surface area contributed by atoms with Crippen LogP contribution in [-0.2, 0) is 14.3 Å². The van der Waals surface area contributed by atoms with Crippen LogP contribution in [0.15, 0.2) is 35.5 Å². The van der Waals surface area contributed by atoms with Crippen LogP contribution in [0.4, 0.5) is 0 Å². The normalized spacial score (nSPS) is 46.5. The first-order valence-electron chi connectivity index (χ1n) is 14.1. The van der Waals surface area contributed by atoms with Gasteiger partial charge in [0.2, 0.25) is 0 Å². The van der Waals surface area contributed by atoms with Crippen LogP contribution in [0.1, 0.15) is 93.9 Å². The highest BCUT2D eigenvalue weighted by Gasteiger charge is 2.65. The van der Waals surface area contributed by atoms with Crippen molar-refractivity contribution in [1.82, 2.24) is 0 Å². The molecule has 0 saturated heterocycles. The van der Waals surface area contributed by atoms with Crippen molar-refractivity contribution < 1.29 is 24.5 Å². The molecule has 4 aliphatic rings. The molecule has 0 spiro atoms. The summed E-state index contributed by atoms with van der Waals surface area (Å²) in [6.07, 6.45) is 7.93. The Hall–Kier alpha value is -1.72. The second kappa shape index (κ2) is 9.19. The molecule has 4 aliphatic carbocycles. The van der Waals surface area contributed by atoms with E-state index >= 15 is 0 Å². The molecule has 0 radical (unpaired) electrons. The third-order valence-electron chi connectivity index (χ3n) is 11.4. The van der Waals surface area contributed by atoms with Crippen molar-refractivity contribution in [3.63, 3.8) is 0 Å². The maximum Gasteiger partial charge on any atom is 0.302 e. The van der Waals surface area contributed by atoms with Crippen LogP contribution in [0.2, 0.25) is 0 Å². The number of hydrogen-bond acceptors (Lipinski definition) is 5. The number of esters is 1. The Morgan fingerprint density at radius 2 is 1.70 bits per heavy atom. The van der Waals surface area contributed by atoms with Crippen molar-refractivity contribution in [2.45, 2.75) is 112 Å². The Bertz CT molecular complexity index is 1050. The molecule has 4 fully saturated rings. The monoisotopic (exact) mass is 512 g/mol. The van der Waals surface area contributed by atoms with Gasteiger partial charge >= 0.3 is 5.97 Å². The molecule has 5 heteroatoms. The van der Waals surface area contributed by atoms with Gasteiger partial charge in [-0.1, -0.05) is 52.0 Å². The zero-order valence-corrected chi connectivity index (χ0v) is 24.2. The first kappa shape index (κ1) is 28.3. The summed E-state index contributed by atoms with van der Waals surface area (Å²) in [7, 11) is 0. The highest BCUT2D eigenvalue weighted by molar-refractivity contribution is 6.00. The van der Waals surface area contributed by atoms with Gasteiger partial charge in [-0.15, -0.1) is 0 Å². The lowest BCUT2D eigenvalue weighted by atomic mass is 9.43. The Balaban J connectivity index is 1.67. The fraction of sp³-hybridized carbons (Fsp3) is 0.750. The van der Waals surface area contributed by atoms with E-state index in [1.54, 1.807) is 6.92 Å². The summed E-state index contributed by atoms with van der Waals surface area (Å²) in [5.41, 5.74) is 1.30. The number of ether oxygens (including phenoxy) is 1. The summed E-state index contributed by atoms with van der Waals surface area (Å²) in [5, 5.41) is 21.5. The van der Waals surface area contributed by atoms with Crippen LogP contribution in [-0.4, -0.2) is 39.8 Å². The Morgan fingerprint density at radius 1 is 1.05 bits per heavy atom. The van der Waals surface area contributed by atoms with E-state index in [0.717, 1.165) is 42.4 Å². The van der Waals surface area contributed by atoms with Gasteiger partial charge in [0.15, 0.2) is 5.78 Å². The predicted molar refractivity (Wildman–Crippen MR) is 146 cm³/mol. The minimum Gasteiger partial charge on any atom is -0.462 e. The van der Waals surface area contributed by atoms with Crippen LogP contribution in [0.25, 0.3) is 0 Å². The first-order valence-corrected chi connectivity index (χ1v) is 14.1. The SMILES string of the molecule is C=C(C)[C@@H]1C[C@H](O)[C@](C)(O)[C@H]1/C=C/C(C)=C1\C(=O)C[C@H]2[C@@]3(C)CC[C@H](OC(C)=O)C(C)(C)[C@@H]3CC[C@]12C. The number of carbonyl (C=O) groups is 2. The molecule has 0 aromatic rings. The summed E-state index contributed by atoms with van der Waals surface area (Å²) in [4.78, 5) is 25.5. The van der Waals surface area contributed by atoms with Crippen molar-refractivity contribution in [1.29, 1.82) is 0 Å². The molecule has 5 nitrogen and oxygen atoms in total. The molecule has 4 saturated carbocycles. The highest BCUT2D eigenvalue weighted by atomic mass is 16.5. The molecule has 0 unspecified atom stereocenters. The van der Waals surface area contributed by atoms with Crippen molar-refractivity contribution >= 4 is 11.8 Å². The standard InChI is InChI=1S/C32H48O5/c1-18(2)21-16-26(35)32(9,36)22(21)11-10-19(3)28-23(34)17-25-30(7)15-13-27(37-20(4)33)29(5,6)24(30)12-14-31(25,28)8/h10-11,21-22,24-27,35-36H,1,12-17H2,2-9H3/b11-10+,28-19+/t21-,22-,24-,25-,26-,27-,30-,31-,32+/m0/s1. The Morgan fingerprint density at radius 3 is 2.30 bits per heavy atom. The van der Waals surface area contributed by atoms with Crippen molar-refractivity contribution in [3.8, 4) is 0 Å². The smallest absolute Gasteiger partial charge is 0.302 e. The van der Waals surface area contributed by atoms with Gasteiger partial charge in [0.05, 0.1) is 11.7 Å². The van der Waals surface area contributed by atoms with Gasteiger partial charge in [-0.3, -0.25) is 9.59 Å². The summed E-state index contributed by atoms with van der Waals surface area (Å²) >= 11 is 0. The van der Waals surface area contributed by atoms with E-state index in [1.807, 2.05) is 26.0 Å². The predicted octanol–water partition coefficient (Wildman–Crippen LogP) is 5.95. The lowest BCUT2D eigenvalue weighted by Gasteiger charge is -2.62. The minimum atomic E-state index is -1.23. The molecule has 0 bridgehead atoms. The van der Waals surface area contributed by atoms with E-state index in [4.69, 9.17) is 4.74 Å². The summed E-state index contributed by atoms with van der Waals surface area (Å²) in [5.74, 6) is 0.416. The molecular formula is C32H48O5. The average Bonchev–Trinajstić information content (AvgIpc) is 3.18. The number of Topliss-reactive ketones (excluding diaryl/α,β-unsaturated/α-hetero) is 1. The highest BCUT2D eigenvalue weighted by Crippen LogP contribution is 2.69. The summed E-state index contributed by atoms with van der Waals surface area (Å²) in [6, 6.07) is 0. The first-order chi connectivity index (χ1) is 17.0. The van der Waals surface area contributed by atoms with Gasteiger partial charge in [0.25, 0.3) is 0 Å². The summed E-state index contributed by atoms with van der Waals surface area (Å²) < 4.78 is 5.78. The van der Waals surface area contributed by atoms with Crippen molar-refractivity contribution in [2.24, 2.45) is 39.9 Å². The zero-order valence-electron chi connectivity index (χ0n) is 24.2. The van der Waals surface area contributed by atoms with Gasteiger partial charge in [-0.2, -0.15) is 0 Å². The van der Waals surface area contributed by atoms with E-state index < -0.39 is 11.7 Å². The van der Waals surface area contributed by atoms with Crippen LogP contribution in [0.3, 0.4) is 0 Å². The number of carbonyl (C=O) groups excluding carboxylic acids is 2. The van der Waals surface area contributed by atoms with E-state index in [0.29, 0.717) is 18.8 Å². The second-order valence-corrected chi connectivity index (χ2v) is 14.0. The van der Waals surface area contributed by atoms with Gasteiger partial charge in [-0.25, -0.2) is 0 Å². The van der Waals surface area contributed by atoms with Crippen LogP contribution >= 0.6 is 0 Å². The number of fused-ring (bicyclic) bond motifs is 3. The zero-order chi connectivity index (χ0) is 27.7. The number of ketones is 1. The molecule has 4 rings (SSSR count). The quantitative estimate of drug-likeness (QED) is 0.276. The molecule has 0 amide bonds. The van der Waals surface area contributed by atoms with E-state index in [-0.39, 0.29) is 51.9 Å². The van der Waals surface area contributed by atoms with Crippen molar-refractivity contribution in [3.05, 3.63) is 35.5 Å². The number of aliphatic hydroxyl groups is 2. The van der Waals surface area contributed by atoms with Crippen LogP contribution < -0.4 is 0 Å². The molecule has 9 atom stereocenters.